The predicted octanol–water partition coefficient (Wildman–Crippen LogP) is 3.59. The van der Waals surface area contributed by atoms with Gasteiger partial charge in [0, 0.05) is 13.7 Å². The topological polar surface area (TPSA) is 27.7 Å². The summed E-state index contributed by atoms with van der Waals surface area (Å²) in [5.41, 5.74) is 1.84. The van der Waals surface area contributed by atoms with Gasteiger partial charge in [0.2, 0.25) is 0 Å². The van der Waals surface area contributed by atoms with Gasteiger partial charge in [-0.15, -0.1) is 0 Å². The Morgan fingerprint density at radius 2 is 1.45 bits per heavy atom. The zero-order valence-corrected chi connectivity index (χ0v) is 15.2. The van der Waals surface area contributed by atoms with Crippen molar-refractivity contribution in [3.8, 4) is 0 Å². The van der Waals surface area contributed by atoms with Crippen LogP contribution >= 0.6 is 0 Å². The van der Waals surface area contributed by atoms with Crippen LogP contribution in [-0.4, -0.2) is 32.0 Å². The molecule has 0 aromatic heterocycles. The van der Waals surface area contributed by atoms with Crippen LogP contribution in [-0.2, 0) is 20.5 Å². The molecule has 0 spiro atoms. The van der Waals surface area contributed by atoms with Crippen LogP contribution in [0.2, 0.25) is 0 Å². The lowest BCUT2D eigenvalue weighted by Gasteiger charge is -2.32. The Morgan fingerprint density at radius 1 is 0.955 bits per heavy atom. The van der Waals surface area contributed by atoms with E-state index in [0.717, 1.165) is 24.9 Å². The summed E-state index contributed by atoms with van der Waals surface area (Å²) < 4.78 is 17.2. The second kappa shape index (κ2) is 8.14. The minimum absolute atomic E-state index is 0.270. The minimum Gasteiger partial charge on any atom is -0.399 e. The summed E-state index contributed by atoms with van der Waals surface area (Å²) >= 11 is 0. The van der Waals surface area contributed by atoms with Crippen molar-refractivity contribution in [3.63, 3.8) is 0 Å². The van der Waals surface area contributed by atoms with Gasteiger partial charge in [-0.3, -0.25) is 0 Å². The van der Waals surface area contributed by atoms with E-state index in [1.807, 2.05) is 13.8 Å². The Bertz CT molecular complexity index is 424. The average molecular weight is 306 g/mol. The van der Waals surface area contributed by atoms with E-state index in [2.05, 4.69) is 52.0 Å². The van der Waals surface area contributed by atoms with E-state index in [9.17, 15) is 0 Å². The molecule has 124 valence electrons. The van der Waals surface area contributed by atoms with Crippen molar-refractivity contribution in [2.24, 2.45) is 0 Å². The molecular weight excluding hydrogens is 275 g/mol. The quantitative estimate of drug-likeness (QED) is 0.614. The molecule has 3 nitrogen and oxygen atoms in total. The Morgan fingerprint density at radius 3 is 1.91 bits per heavy atom. The first kappa shape index (κ1) is 19.2. The molecular formula is C18H31BO3. The SMILES string of the molecule is CC.COCCCc1ccc(B2OC(C)(C)C(C)(C)O2)cc1. The van der Waals surface area contributed by atoms with E-state index in [4.69, 9.17) is 14.0 Å². The molecule has 0 aliphatic carbocycles. The van der Waals surface area contributed by atoms with Gasteiger partial charge in [0.15, 0.2) is 0 Å². The molecule has 0 saturated carbocycles. The van der Waals surface area contributed by atoms with E-state index in [1.54, 1.807) is 7.11 Å². The third-order valence-corrected chi connectivity index (χ3v) is 4.32. The third kappa shape index (κ3) is 4.58. The van der Waals surface area contributed by atoms with Gasteiger partial charge in [0.05, 0.1) is 11.2 Å². The van der Waals surface area contributed by atoms with Crippen LogP contribution in [0.25, 0.3) is 0 Å². The molecule has 0 atom stereocenters. The molecule has 1 fully saturated rings. The molecule has 1 aromatic rings. The minimum atomic E-state index is -0.283. The molecule has 0 radical (unpaired) electrons. The average Bonchev–Trinajstić information content (AvgIpc) is 2.71. The lowest BCUT2D eigenvalue weighted by atomic mass is 9.79. The highest BCUT2D eigenvalue weighted by Gasteiger charge is 2.51. The van der Waals surface area contributed by atoms with Gasteiger partial charge in [0.1, 0.15) is 0 Å². The fraction of sp³-hybridized carbons (Fsp3) is 0.667. The molecule has 0 unspecified atom stereocenters. The molecule has 1 aliphatic rings. The fourth-order valence-corrected chi connectivity index (χ4v) is 2.24. The molecule has 1 heterocycles. The van der Waals surface area contributed by atoms with Crippen LogP contribution in [0.1, 0.15) is 53.5 Å². The second-order valence-electron chi connectivity index (χ2n) is 6.43. The van der Waals surface area contributed by atoms with Crippen molar-refractivity contribution in [1.82, 2.24) is 0 Å². The van der Waals surface area contributed by atoms with Crippen molar-refractivity contribution in [2.45, 2.75) is 65.6 Å². The zero-order valence-electron chi connectivity index (χ0n) is 15.2. The second-order valence-corrected chi connectivity index (χ2v) is 6.43. The molecule has 22 heavy (non-hydrogen) atoms. The maximum Gasteiger partial charge on any atom is 0.494 e. The zero-order chi connectivity index (χ0) is 16.8. The maximum absolute atomic E-state index is 6.05. The molecule has 1 aromatic carbocycles. The standard InChI is InChI=1S/C16H25BO3.C2H6/c1-15(2)16(3,4)20-17(19-15)14-10-8-13(9-11-14)7-6-12-18-5;1-2/h8-11H,6-7,12H2,1-5H3;1-2H3. The Hall–Kier alpha value is -0.835. The summed E-state index contributed by atoms with van der Waals surface area (Å²) in [5.74, 6) is 0. The lowest BCUT2D eigenvalue weighted by molar-refractivity contribution is 0.00578. The molecule has 1 saturated heterocycles. The van der Waals surface area contributed by atoms with E-state index < -0.39 is 0 Å². The fourth-order valence-electron chi connectivity index (χ4n) is 2.24. The van der Waals surface area contributed by atoms with Gasteiger partial charge in [-0.1, -0.05) is 38.1 Å². The van der Waals surface area contributed by atoms with Crippen LogP contribution in [0.15, 0.2) is 24.3 Å². The number of benzene rings is 1. The van der Waals surface area contributed by atoms with Crippen LogP contribution in [0.4, 0.5) is 0 Å². The summed E-state index contributed by atoms with van der Waals surface area (Å²) in [6.07, 6.45) is 2.09. The summed E-state index contributed by atoms with van der Waals surface area (Å²) in [7, 11) is 1.47. The van der Waals surface area contributed by atoms with Crippen molar-refractivity contribution < 1.29 is 14.0 Å². The van der Waals surface area contributed by atoms with Gasteiger partial charge >= 0.3 is 7.12 Å². The first-order valence-corrected chi connectivity index (χ1v) is 8.29. The summed E-state index contributed by atoms with van der Waals surface area (Å²) in [5, 5.41) is 0. The lowest BCUT2D eigenvalue weighted by Crippen LogP contribution is -2.41. The van der Waals surface area contributed by atoms with Gasteiger partial charge < -0.3 is 14.0 Å². The summed E-state index contributed by atoms with van der Waals surface area (Å²) in [4.78, 5) is 0. The molecule has 1 aliphatic heterocycles. The van der Waals surface area contributed by atoms with Crippen molar-refractivity contribution in [3.05, 3.63) is 29.8 Å². The van der Waals surface area contributed by atoms with Crippen molar-refractivity contribution in [1.29, 1.82) is 0 Å². The molecule has 4 heteroatoms. The number of hydrogen-bond donors (Lipinski definition) is 0. The number of rotatable bonds is 5. The van der Waals surface area contributed by atoms with E-state index in [1.165, 1.54) is 5.56 Å². The van der Waals surface area contributed by atoms with Crippen LogP contribution in [0.3, 0.4) is 0 Å². The van der Waals surface area contributed by atoms with Crippen molar-refractivity contribution >= 4 is 12.6 Å². The molecule has 2 rings (SSSR count). The molecule has 0 amide bonds. The van der Waals surface area contributed by atoms with Crippen molar-refractivity contribution in [2.75, 3.05) is 13.7 Å². The van der Waals surface area contributed by atoms with Crippen LogP contribution in [0.5, 0.6) is 0 Å². The normalized spacial score (nSPS) is 18.8. The van der Waals surface area contributed by atoms with Gasteiger partial charge in [0.25, 0.3) is 0 Å². The summed E-state index contributed by atoms with van der Waals surface area (Å²) in [6, 6.07) is 8.50. The Labute approximate surface area is 136 Å². The Kier molecular flexibility index (Phi) is 7.11. The van der Waals surface area contributed by atoms with Crippen LogP contribution < -0.4 is 5.46 Å². The van der Waals surface area contributed by atoms with Gasteiger partial charge in [-0.2, -0.15) is 0 Å². The predicted molar refractivity (Wildman–Crippen MR) is 93.7 cm³/mol. The summed E-state index contributed by atoms with van der Waals surface area (Å²) in [6.45, 7) is 13.1. The number of methoxy groups -OCH3 is 1. The third-order valence-electron chi connectivity index (χ3n) is 4.32. The monoisotopic (exact) mass is 306 g/mol. The highest BCUT2D eigenvalue weighted by molar-refractivity contribution is 6.62. The molecule has 0 bridgehead atoms. The van der Waals surface area contributed by atoms with E-state index in [0.29, 0.717) is 0 Å². The number of hydrogen-bond acceptors (Lipinski definition) is 3. The van der Waals surface area contributed by atoms with E-state index in [-0.39, 0.29) is 18.3 Å². The molecule has 0 N–H and O–H groups in total. The first-order chi connectivity index (χ1) is 10.4. The number of ether oxygens (including phenoxy) is 1. The first-order valence-electron chi connectivity index (χ1n) is 8.29. The van der Waals surface area contributed by atoms with Crippen LogP contribution in [0, 0.1) is 0 Å². The largest absolute Gasteiger partial charge is 0.494 e. The maximum atomic E-state index is 6.05. The van der Waals surface area contributed by atoms with Gasteiger partial charge in [-0.05, 0) is 51.6 Å². The van der Waals surface area contributed by atoms with E-state index >= 15 is 0 Å². The smallest absolute Gasteiger partial charge is 0.399 e. The van der Waals surface area contributed by atoms with Gasteiger partial charge in [-0.25, -0.2) is 0 Å². The number of aryl methyl sites for hydroxylation is 1. The highest BCUT2D eigenvalue weighted by atomic mass is 16.7. The Balaban J connectivity index is 0.00000116. The highest BCUT2D eigenvalue weighted by Crippen LogP contribution is 2.36.